The van der Waals surface area contributed by atoms with Crippen molar-refractivity contribution < 1.29 is 0 Å². The molecule has 0 bridgehead atoms. The number of thioether (sulfide) groups is 1. The molecule has 0 radical (unpaired) electrons. The molecular weight excluding hydrogens is 206 g/mol. The van der Waals surface area contributed by atoms with Crippen molar-refractivity contribution in [1.29, 1.82) is 5.41 Å². The van der Waals surface area contributed by atoms with Crippen LogP contribution in [0.4, 0.5) is 0 Å². The molecule has 1 aliphatic rings. The summed E-state index contributed by atoms with van der Waals surface area (Å²) in [6.07, 6.45) is 0. The zero-order chi connectivity index (χ0) is 10.4. The van der Waals surface area contributed by atoms with Gasteiger partial charge >= 0.3 is 0 Å². The molecule has 76 valence electrons. The molecule has 1 unspecified atom stereocenters. The number of para-hydroxylation sites is 1. The average Bonchev–Trinajstić information content (AvgIpc) is 2.59. The quantitative estimate of drug-likeness (QED) is 0.686. The number of nitrogens with one attached hydrogen (secondary N) is 1. The number of hydrogen-bond donors (Lipinski definition) is 1. The van der Waals surface area contributed by atoms with Crippen LogP contribution in [0.25, 0.3) is 10.9 Å². The van der Waals surface area contributed by atoms with E-state index in [9.17, 15) is 0 Å². The van der Waals surface area contributed by atoms with E-state index >= 15 is 0 Å². The van der Waals surface area contributed by atoms with Crippen molar-refractivity contribution in [3.63, 3.8) is 0 Å². The monoisotopic (exact) mass is 217 g/mol. The lowest BCUT2D eigenvalue weighted by Crippen LogP contribution is -2.21. The molecule has 4 heteroatoms. The molecule has 3 rings (SSSR count). The molecule has 2 aromatic rings. The van der Waals surface area contributed by atoms with Crippen LogP contribution in [0.2, 0.25) is 0 Å². The van der Waals surface area contributed by atoms with Gasteiger partial charge in [0.25, 0.3) is 0 Å². The van der Waals surface area contributed by atoms with E-state index in [2.05, 4.69) is 11.9 Å². The van der Waals surface area contributed by atoms with E-state index in [0.717, 1.165) is 22.6 Å². The highest BCUT2D eigenvalue weighted by molar-refractivity contribution is 7.99. The SMILES string of the molecule is CC1Cn2c(nc3ccccc3c2=N)S1. The van der Waals surface area contributed by atoms with Gasteiger partial charge < -0.3 is 4.57 Å². The Kier molecular flexibility index (Phi) is 1.85. The van der Waals surface area contributed by atoms with Gasteiger partial charge in [0, 0.05) is 17.2 Å². The number of nitrogens with zero attached hydrogens (tertiary/aromatic N) is 2. The van der Waals surface area contributed by atoms with Crippen LogP contribution in [0.15, 0.2) is 29.4 Å². The van der Waals surface area contributed by atoms with Crippen molar-refractivity contribution in [1.82, 2.24) is 9.55 Å². The summed E-state index contributed by atoms with van der Waals surface area (Å²) in [5, 5.41) is 10.6. The third-order valence-corrected chi connectivity index (χ3v) is 3.70. The summed E-state index contributed by atoms with van der Waals surface area (Å²) in [6, 6.07) is 7.86. The van der Waals surface area contributed by atoms with Gasteiger partial charge in [-0.3, -0.25) is 5.41 Å². The summed E-state index contributed by atoms with van der Waals surface area (Å²) in [5.41, 5.74) is 1.52. The molecule has 1 aromatic carbocycles. The molecule has 0 amide bonds. The number of benzene rings is 1. The van der Waals surface area contributed by atoms with Crippen molar-refractivity contribution in [2.75, 3.05) is 0 Å². The number of fused-ring (bicyclic) bond motifs is 2. The summed E-state index contributed by atoms with van der Waals surface area (Å²) >= 11 is 1.75. The average molecular weight is 217 g/mol. The van der Waals surface area contributed by atoms with Gasteiger partial charge in [0.15, 0.2) is 5.16 Å². The van der Waals surface area contributed by atoms with E-state index in [4.69, 9.17) is 5.41 Å². The first kappa shape index (κ1) is 8.97. The van der Waals surface area contributed by atoms with Crippen LogP contribution in [0.1, 0.15) is 6.92 Å². The minimum atomic E-state index is 0.526. The summed E-state index contributed by atoms with van der Waals surface area (Å²) in [6.45, 7) is 3.07. The molecule has 0 fully saturated rings. The maximum Gasteiger partial charge on any atom is 0.170 e. The predicted octanol–water partition coefficient (Wildman–Crippen LogP) is 2.01. The second-order valence-electron chi connectivity index (χ2n) is 3.80. The van der Waals surface area contributed by atoms with Gasteiger partial charge in [0.05, 0.1) is 5.52 Å². The topological polar surface area (TPSA) is 41.7 Å². The van der Waals surface area contributed by atoms with Gasteiger partial charge in [0.1, 0.15) is 5.49 Å². The number of aromatic nitrogens is 2. The molecule has 1 aliphatic heterocycles. The Balaban J connectivity index is 2.40. The molecule has 0 saturated carbocycles. The van der Waals surface area contributed by atoms with Crippen LogP contribution < -0.4 is 5.49 Å². The maximum absolute atomic E-state index is 8.12. The summed E-state index contributed by atoms with van der Waals surface area (Å²) in [7, 11) is 0. The van der Waals surface area contributed by atoms with Crippen LogP contribution in [-0.2, 0) is 6.54 Å². The minimum Gasteiger partial charge on any atom is -0.304 e. The lowest BCUT2D eigenvalue weighted by Gasteiger charge is -2.04. The fourth-order valence-corrected chi connectivity index (χ4v) is 2.94. The first-order chi connectivity index (χ1) is 7.25. The van der Waals surface area contributed by atoms with E-state index < -0.39 is 0 Å². The lowest BCUT2D eigenvalue weighted by atomic mass is 10.2. The molecule has 1 atom stereocenters. The van der Waals surface area contributed by atoms with Crippen molar-refractivity contribution >= 4 is 22.7 Å². The minimum absolute atomic E-state index is 0.526. The molecule has 1 aromatic heterocycles. The molecule has 3 nitrogen and oxygen atoms in total. The Morgan fingerprint density at radius 3 is 3.13 bits per heavy atom. The van der Waals surface area contributed by atoms with Gasteiger partial charge in [-0.25, -0.2) is 4.98 Å². The number of rotatable bonds is 0. The second kappa shape index (κ2) is 3.10. The molecular formula is C11H11N3S. The van der Waals surface area contributed by atoms with E-state index in [1.165, 1.54) is 0 Å². The third kappa shape index (κ3) is 1.28. The summed E-state index contributed by atoms with van der Waals surface area (Å²) in [5.74, 6) is 0. The van der Waals surface area contributed by atoms with Crippen molar-refractivity contribution in [3.8, 4) is 0 Å². The Labute approximate surface area is 91.7 Å². The normalized spacial score (nSPS) is 19.4. The highest BCUT2D eigenvalue weighted by Gasteiger charge is 2.20. The van der Waals surface area contributed by atoms with Gasteiger partial charge in [-0.05, 0) is 12.1 Å². The van der Waals surface area contributed by atoms with Crippen LogP contribution >= 0.6 is 11.8 Å². The van der Waals surface area contributed by atoms with Crippen LogP contribution in [0.5, 0.6) is 0 Å². The molecule has 2 heterocycles. The zero-order valence-corrected chi connectivity index (χ0v) is 9.21. The third-order valence-electron chi connectivity index (χ3n) is 2.62. The molecule has 0 saturated heterocycles. The summed E-state index contributed by atoms with van der Waals surface area (Å²) in [4.78, 5) is 4.57. The number of hydrogen-bond acceptors (Lipinski definition) is 3. The standard InChI is InChI=1S/C11H11N3S/c1-7-6-14-10(12)8-4-2-3-5-9(8)13-11(14)15-7/h2-5,7,12H,6H2,1H3. The Morgan fingerprint density at radius 1 is 1.47 bits per heavy atom. The first-order valence-electron chi connectivity index (χ1n) is 4.96. The van der Waals surface area contributed by atoms with E-state index in [-0.39, 0.29) is 0 Å². The molecule has 1 N–H and O–H groups in total. The van der Waals surface area contributed by atoms with Gasteiger partial charge in [-0.15, -0.1) is 0 Å². The van der Waals surface area contributed by atoms with E-state index in [1.54, 1.807) is 11.8 Å². The molecule has 0 aliphatic carbocycles. The second-order valence-corrected chi connectivity index (χ2v) is 5.20. The van der Waals surface area contributed by atoms with E-state index in [0.29, 0.717) is 10.7 Å². The van der Waals surface area contributed by atoms with Crippen LogP contribution in [0.3, 0.4) is 0 Å². The Hall–Kier alpha value is -1.29. The smallest absolute Gasteiger partial charge is 0.170 e. The van der Waals surface area contributed by atoms with E-state index in [1.807, 2.05) is 28.8 Å². The fraction of sp³-hybridized carbons (Fsp3) is 0.273. The Morgan fingerprint density at radius 2 is 2.27 bits per heavy atom. The highest BCUT2D eigenvalue weighted by atomic mass is 32.2. The zero-order valence-electron chi connectivity index (χ0n) is 8.40. The van der Waals surface area contributed by atoms with Crippen molar-refractivity contribution in [2.24, 2.45) is 0 Å². The van der Waals surface area contributed by atoms with Gasteiger partial charge in [-0.1, -0.05) is 30.8 Å². The largest absolute Gasteiger partial charge is 0.304 e. The van der Waals surface area contributed by atoms with Crippen molar-refractivity contribution in [2.45, 2.75) is 23.9 Å². The first-order valence-corrected chi connectivity index (χ1v) is 5.84. The fourth-order valence-electron chi connectivity index (χ4n) is 1.91. The Bertz CT molecular complexity index is 588. The maximum atomic E-state index is 8.12. The lowest BCUT2D eigenvalue weighted by molar-refractivity contribution is 0.613. The van der Waals surface area contributed by atoms with Gasteiger partial charge in [0.2, 0.25) is 0 Å². The van der Waals surface area contributed by atoms with Crippen molar-refractivity contribution in [3.05, 3.63) is 29.8 Å². The summed E-state index contributed by atoms with van der Waals surface area (Å²) < 4.78 is 2.00. The predicted molar refractivity (Wildman–Crippen MR) is 60.9 cm³/mol. The van der Waals surface area contributed by atoms with Crippen LogP contribution in [0, 0.1) is 5.41 Å². The molecule has 0 spiro atoms. The van der Waals surface area contributed by atoms with Crippen LogP contribution in [-0.4, -0.2) is 14.8 Å². The van der Waals surface area contributed by atoms with Gasteiger partial charge in [-0.2, -0.15) is 0 Å². The molecule has 15 heavy (non-hydrogen) atoms. The highest BCUT2D eigenvalue weighted by Crippen LogP contribution is 2.29.